The van der Waals surface area contributed by atoms with Gasteiger partial charge >= 0.3 is 0 Å². The van der Waals surface area contributed by atoms with Gasteiger partial charge < -0.3 is 9.88 Å². The van der Waals surface area contributed by atoms with Gasteiger partial charge in [0.1, 0.15) is 0 Å². The number of fused-ring (bicyclic) bond motifs is 1. The van der Waals surface area contributed by atoms with Gasteiger partial charge in [-0.1, -0.05) is 6.04 Å². The first-order chi connectivity index (χ1) is 14.5. The average molecular weight is 308 g/mol. The highest BCUT2D eigenvalue weighted by atomic mass is 32.2. The maximum absolute atomic E-state index is 12.2. The fraction of sp³-hybridized carbons (Fsp3) is 0.429. The Morgan fingerprint density at radius 3 is 3.15 bits per heavy atom. The summed E-state index contributed by atoms with van der Waals surface area (Å²) in [5.41, 5.74) is -1.44. The predicted octanol–water partition coefficient (Wildman–Crippen LogP) is 1.32. The van der Waals surface area contributed by atoms with Crippen molar-refractivity contribution < 1.29 is 26.2 Å². The van der Waals surface area contributed by atoms with Gasteiger partial charge in [0.25, 0.3) is 0 Å². The first-order valence-electron chi connectivity index (χ1n) is 11.9. The third-order valence-corrected chi connectivity index (χ3v) is 3.32. The van der Waals surface area contributed by atoms with Crippen LogP contribution in [-0.2, 0) is 22.1 Å². The first-order valence-corrected chi connectivity index (χ1v) is 7.05. The lowest BCUT2D eigenvalue weighted by Crippen LogP contribution is -2.20. The second-order valence-electron chi connectivity index (χ2n) is 3.96. The Balaban J connectivity index is 2.77. The highest BCUT2D eigenvalue weighted by Gasteiger charge is 2.11. The summed E-state index contributed by atoms with van der Waals surface area (Å²) in [4.78, 5) is 2.66. The fourth-order valence-electron chi connectivity index (χ4n) is 1.51. The van der Waals surface area contributed by atoms with Crippen LogP contribution in [0.4, 0.5) is 0 Å². The lowest BCUT2D eigenvalue weighted by atomic mass is 10.1. The summed E-state index contributed by atoms with van der Waals surface area (Å²) in [5, 5.41) is -0.428. The van der Waals surface area contributed by atoms with Gasteiger partial charge in [0.2, 0.25) is 10.0 Å². The number of hydrogen-bond donors (Lipinski definition) is 2. The number of H-pyrrole nitrogens is 1. The van der Waals surface area contributed by atoms with Crippen molar-refractivity contribution in [3.05, 3.63) is 35.5 Å². The van der Waals surface area contributed by atoms with E-state index in [1.54, 1.807) is 0 Å². The number of aromatic amines is 1. The number of aryl methyl sites for hydroxylation is 1. The minimum Gasteiger partial charge on any atom is -0.361 e. The minimum atomic E-state index is -4.61. The van der Waals surface area contributed by atoms with E-state index in [2.05, 4.69) is 4.98 Å². The molecule has 0 aliphatic carbocycles. The Morgan fingerprint density at radius 2 is 2.40 bits per heavy atom. The highest BCUT2D eigenvalue weighted by molar-refractivity contribution is 7.88. The van der Waals surface area contributed by atoms with Gasteiger partial charge in [-0.15, -0.1) is 0 Å². The van der Waals surface area contributed by atoms with Crippen LogP contribution in [0.2, 0.25) is 0 Å². The molecule has 0 saturated heterocycles. The SMILES string of the molecule is [2H]c1c(CS(=O)(=O)NC([2H])([2H])[2H])c([2H])c2c(C([2H])([2H])C([2H])([2H])N(C)C([2H])([2H])[2H])c[nH]c2c1[2H]. The molecule has 2 rings (SSSR count). The summed E-state index contributed by atoms with van der Waals surface area (Å²) in [6.07, 6.45) is -2.17. The topological polar surface area (TPSA) is 65.2 Å². The maximum Gasteiger partial charge on any atom is 0.215 e. The molecule has 5 nitrogen and oxygen atoms in total. The highest BCUT2D eigenvalue weighted by Crippen LogP contribution is 2.21. The molecule has 0 aliphatic heterocycles. The summed E-state index contributed by atoms with van der Waals surface area (Å²) in [7, 11) is -3.77. The van der Waals surface area contributed by atoms with E-state index >= 15 is 0 Å². The molecule has 0 radical (unpaired) electrons. The van der Waals surface area contributed by atoms with Crippen molar-refractivity contribution in [2.24, 2.45) is 0 Å². The van der Waals surface area contributed by atoms with Gasteiger partial charge in [-0.05, 0) is 50.6 Å². The van der Waals surface area contributed by atoms with E-state index in [1.807, 2.05) is 0 Å². The van der Waals surface area contributed by atoms with Crippen LogP contribution < -0.4 is 4.72 Å². The quantitative estimate of drug-likeness (QED) is 0.846. The summed E-state index contributed by atoms with van der Waals surface area (Å²) < 4.78 is 127. The third kappa shape index (κ3) is 3.59. The molecule has 2 N–H and O–H groups in total. The van der Waals surface area contributed by atoms with E-state index in [4.69, 9.17) is 17.8 Å². The fourth-order valence-corrected chi connectivity index (χ4v) is 2.11. The zero-order valence-corrected chi connectivity index (χ0v) is 11.3. The van der Waals surface area contributed by atoms with Crippen molar-refractivity contribution in [3.8, 4) is 0 Å². The minimum absolute atomic E-state index is 0.189. The van der Waals surface area contributed by atoms with Gasteiger partial charge in [0.15, 0.2) is 0 Å². The smallest absolute Gasteiger partial charge is 0.215 e. The van der Waals surface area contributed by atoms with Gasteiger partial charge in [-0.2, -0.15) is 0 Å². The number of rotatable bonds is 6. The van der Waals surface area contributed by atoms with Gasteiger partial charge in [0.05, 0.1) is 9.87 Å². The molecular weight excluding hydrogens is 274 g/mol. The number of aromatic nitrogens is 1. The lowest BCUT2D eigenvalue weighted by Gasteiger charge is -2.08. The van der Waals surface area contributed by atoms with E-state index in [-0.39, 0.29) is 10.4 Å². The molecule has 0 amide bonds. The Bertz CT molecular complexity index is 1170. The van der Waals surface area contributed by atoms with Crippen molar-refractivity contribution in [3.63, 3.8) is 0 Å². The second-order valence-corrected chi connectivity index (χ2v) is 5.69. The van der Waals surface area contributed by atoms with Crippen LogP contribution in [0.25, 0.3) is 10.9 Å². The largest absolute Gasteiger partial charge is 0.361 e. The van der Waals surface area contributed by atoms with Gasteiger partial charge in [0, 0.05) is 37.3 Å². The van der Waals surface area contributed by atoms with Crippen LogP contribution in [0.15, 0.2) is 24.3 Å². The van der Waals surface area contributed by atoms with Gasteiger partial charge in [-0.25, -0.2) is 13.1 Å². The summed E-state index contributed by atoms with van der Waals surface area (Å²) in [6, 6.07) is -2.10. The number of hydrogen-bond acceptors (Lipinski definition) is 3. The lowest BCUT2D eigenvalue weighted by molar-refractivity contribution is 0.414. The molecule has 1 aromatic heterocycles. The summed E-state index contributed by atoms with van der Waals surface area (Å²) >= 11 is 0. The van der Waals surface area contributed by atoms with Crippen LogP contribution in [0.3, 0.4) is 0 Å². The van der Waals surface area contributed by atoms with E-state index < -0.39 is 77.2 Å². The second kappa shape index (κ2) is 5.95. The Hall–Kier alpha value is -1.37. The zero-order valence-electron chi connectivity index (χ0n) is 23.5. The Morgan fingerprint density at radius 1 is 1.55 bits per heavy atom. The molecule has 6 heteroatoms. The van der Waals surface area contributed by atoms with E-state index in [1.165, 1.54) is 4.72 Å². The van der Waals surface area contributed by atoms with Gasteiger partial charge in [-0.3, -0.25) is 0 Å². The van der Waals surface area contributed by atoms with Crippen LogP contribution >= 0.6 is 0 Å². The molecule has 0 unspecified atom stereocenters. The molecule has 20 heavy (non-hydrogen) atoms. The number of benzene rings is 1. The van der Waals surface area contributed by atoms with E-state index in [0.717, 1.165) is 13.2 Å². The van der Waals surface area contributed by atoms with Crippen molar-refractivity contribution in [2.75, 3.05) is 27.5 Å². The molecule has 0 aliphatic rings. The van der Waals surface area contributed by atoms with Crippen molar-refractivity contribution in [2.45, 2.75) is 12.1 Å². The molecule has 0 spiro atoms. The van der Waals surface area contributed by atoms with Crippen molar-refractivity contribution in [1.29, 1.82) is 0 Å². The molecule has 1 aromatic carbocycles. The standard InChI is InChI=1S/C14H21N3O2S/c1-15-20(18,19)10-11-4-5-14-13(8-11)12(9-16-14)6-7-17(2)3/h4-5,8-9,15-16H,6-7,10H2,1-3H3/i1D3,2D3,4D,5D,6D2,7D2,8D. The Kier molecular flexibility index (Phi) is 1.62. The third-order valence-electron chi connectivity index (χ3n) is 2.34. The molecule has 110 valence electrons. The summed E-state index contributed by atoms with van der Waals surface area (Å²) in [5.74, 6) is -1.18. The van der Waals surface area contributed by atoms with E-state index in [9.17, 15) is 8.42 Å². The molecule has 0 bridgehead atoms. The molecule has 0 atom stereocenters. The monoisotopic (exact) mass is 308 g/mol. The van der Waals surface area contributed by atoms with Crippen LogP contribution in [0, 0.1) is 0 Å². The Labute approximate surface area is 138 Å². The number of sulfonamides is 1. The maximum atomic E-state index is 12.2. The van der Waals surface area contributed by atoms with Crippen LogP contribution in [0.1, 0.15) is 28.9 Å². The molecule has 1 heterocycles. The number of likely N-dealkylation sites (N-methyl/N-ethyl adjacent to an activating group) is 1. The predicted molar refractivity (Wildman–Crippen MR) is 82.2 cm³/mol. The van der Waals surface area contributed by atoms with Crippen LogP contribution in [0.5, 0.6) is 0 Å². The molecular formula is C14H21N3O2S. The zero-order chi connectivity index (χ0) is 25.9. The molecule has 2 aromatic rings. The van der Waals surface area contributed by atoms with E-state index in [0.29, 0.717) is 0 Å². The van der Waals surface area contributed by atoms with Crippen LogP contribution in [-0.4, -0.2) is 45.8 Å². The summed E-state index contributed by atoms with van der Waals surface area (Å²) in [6.45, 7) is -9.28. The molecule has 0 saturated carbocycles. The molecule has 0 fully saturated rings. The van der Waals surface area contributed by atoms with Crippen molar-refractivity contribution in [1.82, 2.24) is 14.6 Å². The average Bonchev–Trinajstić information content (AvgIpc) is 3.05. The van der Waals surface area contributed by atoms with Crippen molar-refractivity contribution >= 4 is 20.9 Å². The number of nitrogens with one attached hydrogen (secondary N) is 2. The first kappa shape index (κ1) is 5.44. The normalized spacial score (nSPS) is 24.6. The number of nitrogens with zero attached hydrogens (tertiary/aromatic N) is 1.